The molecule has 0 saturated carbocycles. The monoisotopic (exact) mass is 358 g/mol. The van der Waals surface area contributed by atoms with Crippen LogP contribution in [0.1, 0.15) is 22.8 Å². The van der Waals surface area contributed by atoms with E-state index in [1.54, 1.807) is 36.4 Å². The Balaban J connectivity index is 2.27. The van der Waals surface area contributed by atoms with E-state index >= 15 is 0 Å². The SMILES string of the molecule is CCNC(=O)c1ccc(Oc2cc(CC(=O)OC)ccc2OC)c(N)c1. The number of benzene rings is 2. The fraction of sp³-hybridized carbons (Fsp3) is 0.263. The van der Waals surface area contributed by atoms with Gasteiger partial charge >= 0.3 is 5.97 Å². The highest BCUT2D eigenvalue weighted by Gasteiger charge is 2.13. The Morgan fingerprint density at radius 1 is 1.04 bits per heavy atom. The summed E-state index contributed by atoms with van der Waals surface area (Å²) in [4.78, 5) is 23.3. The maximum atomic E-state index is 11.9. The lowest BCUT2D eigenvalue weighted by molar-refractivity contribution is -0.139. The molecular formula is C19H22N2O5. The Morgan fingerprint density at radius 2 is 1.77 bits per heavy atom. The van der Waals surface area contributed by atoms with Gasteiger partial charge in [-0.2, -0.15) is 0 Å². The van der Waals surface area contributed by atoms with Gasteiger partial charge in [-0.25, -0.2) is 0 Å². The minimum Gasteiger partial charge on any atom is -0.493 e. The van der Waals surface area contributed by atoms with Crippen LogP contribution in [0.3, 0.4) is 0 Å². The molecule has 7 nitrogen and oxygen atoms in total. The number of hydrogen-bond donors (Lipinski definition) is 2. The van der Waals surface area contributed by atoms with E-state index in [0.29, 0.717) is 40.6 Å². The molecule has 2 aromatic rings. The standard InChI is InChI=1S/C19H22N2O5/c1-4-21-19(23)13-6-8-15(14(20)11-13)26-17-9-12(10-18(22)25-3)5-7-16(17)24-2/h5-9,11H,4,10,20H2,1-3H3,(H,21,23). The quantitative estimate of drug-likeness (QED) is 0.583. The second kappa shape index (κ2) is 8.75. The van der Waals surface area contributed by atoms with Crippen molar-refractivity contribution in [3.63, 3.8) is 0 Å². The molecule has 0 bridgehead atoms. The first-order valence-corrected chi connectivity index (χ1v) is 8.07. The van der Waals surface area contributed by atoms with Crippen LogP contribution in [0.2, 0.25) is 0 Å². The summed E-state index contributed by atoms with van der Waals surface area (Å²) >= 11 is 0. The number of carbonyl (C=O) groups is 2. The first-order valence-electron chi connectivity index (χ1n) is 8.07. The summed E-state index contributed by atoms with van der Waals surface area (Å²) in [5, 5.41) is 2.71. The average Bonchev–Trinajstić information content (AvgIpc) is 2.63. The maximum absolute atomic E-state index is 11.9. The fourth-order valence-corrected chi connectivity index (χ4v) is 2.31. The van der Waals surface area contributed by atoms with Crippen molar-refractivity contribution >= 4 is 17.6 Å². The van der Waals surface area contributed by atoms with Crippen LogP contribution in [0.5, 0.6) is 17.2 Å². The van der Waals surface area contributed by atoms with E-state index in [2.05, 4.69) is 10.1 Å². The van der Waals surface area contributed by atoms with Crippen molar-refractivity contribution in [1.82, 2.24) is 5.32 Å². The Morgan fingerprint density at radius 3 is 2.38 bits per heavy atom. The number of amides is 1. The van der Waals surface area contributed by atoms with Gasteiger partial charge in [0.1, 0.15) is 0 Å². The van der Waals surface area contributed by atoms with Crippen molar-refractivity contribution in [2.24, 2.45) is 0 Å². The second-order valence-corrected chi connectivity index (χ2v) is 5.45. The molecule has 0 aliphatic rings. The number of carbonyl (C=O) groups excluding carboxylic acids is 2. The van der Waals surface area contributed by atoms with E-state index in [0.717, 1.165) is 0 Å². The molecule has 0 spiro atoms. The first-order chi connectivity index (χ1) is 12.5. The van der Waals surface area contributed by atoms with E-state index in [-0.39, 0.29) is 18.3 Å². The third kappa shape index (κ3) is 4.66. The Hall–Kier alpha value is -3.22. The number of nitrogens with two attached hydrogens (primary N) is 1. The number of ether oxygens (including phenoxy) is 3. The van der Waals surface area contributed by atoms with Gasteiger partial charge in [0.2, 0.25) is 0 Å². The Labute approximate surface area is 152 Å². The average molecular weight is 358 g/mol. The Kier molecular flexibility index (Phi) is 6.43. The highest BCUT2D eigenvalue weighted by atomic mass is 16.5. The molecule has 1 amide bonds. The molecule has 138 valence electrons. The maximum Gasteiger partial charge on any atom is 0.309 e. The molecule has 2 rings (SSSR count). The number of hydrogen-bond acceptors (Lipinski definition) is 6. The molecule has 0 atom stereocenters. The van der Waals surface area contributed by atoms with E-state index < -0.39 is 0 Å². The summed E-state index contributed by atoms with van der Waals surface area (Å²) in [6.45, 7) is 2.37. The minimum atomic E-state index is -0.355. The van der Waals surface area contributed by atoms with Crippen molar-refractivity contribution < 1.29 is 23.8 Å². The largest absolute Gasteiger partial charge is 0.493 e. The van der Waals surface area contributed by atoms with Crippen molar-refractivity contribution in [3.8, 4) is 17.2 Å². The number of rotatable bonds is 7. The molecular weight excluding hydrogens is 336 g/mol. The lowest BCUT2D eigenvalue weighted by atomic mass is 10.1. The van der Waals surface area contributed by atoms with E-state index in [4.69, 9.17) is 15.2 Å². The first kappa shape index (κ1) is 19.1. The normalized spacial score (nSPS) is 10.1. The van der Waals surface area contributed by atoms with Gasteiger partial charge in [-0.1, -0.05) is 6.07 Å². The zero-order valence-corrected chi connectivity index (χ0v) is 15.0. The molecule has 0 radical (unpaired) electrons. The molecule has 0 fully saturated rings. The molecule has 7 heteroatoms. The molecule has 0 aliphatic heterocycles. The summed E-state index contributed by atoms with van der Waals surface area (Å²) < 4.78 is 15.8. The van der Waals surface area contributed by atoms with Crippen molar-refractivity contribution in [3.05, 3.63) is 47.5 Å². The second-order valence-electron chi connectivity index (χ2n) is 5.45. The minimum absolute atomic E-state index is 0.114. The summed E-state index contributed by atoms with van der Waals surface area (Å²) in [6.07, 6.45) is 0.114. The van der Waals surface area contributed by atoms with Crippen LogP contribution in [0, 0.1) is 0 Å². The number of esters is 1. The molecule has 0 heterocycles. The summed E-state index contributed by atoms with van der Waals surface area (Å²) in [6, 6.07) is 9.93. The highest BCUT2D eigenvalue weighted by molar-refractivity contribution is 5.95. The van der Waals surface area contributed by atoms with Crippen LogP contribution in [0.4, 0.5) is 5.69 Å². The van der Waals surface area contributed by atoms with E-state index in [1.165, 1.54) is 14.2 Å². The van der Waals surface area contributed by atoms with Gasteiger partial charge in [0.05, 0.1) is 26.3 Å². The molecule has 0 aromatic heterocycles. The van der Waals surface area contributed by atoms with Crippen LogP contribution in [-0.2, 0) is 16.0 Å². The van der Waals surface area contributed by atoms with Gasteiger partial charge in [-0.15, -0.1) is 0 Å². The van der Waals surface area contributed by atoms with Gasteiger partial charge in [0, 0.05) is 12.1 Å². The zero-order chi connectivity index (χ0) is 19.1. The Bertz CT molecular complexity index is 805. The number of nitrogen functional groups attached to an aromatic ring is 1. The summed E-state index contributed by atoms with van der Waals surface area (Å²) in [5.41, 5.74) is 7.49. The van der Waals surface area contributed by atoms with Crippen molar-refractivity contribution in [2.75, 3.05) is 26.5 Å². The topological polar surface area (TPSA) is 99.9 Å². The summed E-state index contributed by atoms with van der Waals surface area (Å²) in [7, 11) is 2.85. The molecule has 26 heavy (non-hydrogen) atoms. The summed E-state index contributed by atoms with van der Waals surface area (Å²) in [5.74, 6) is 0.721. The van der Waals surface area contributed by atoms with Crippen molar-refractivity contribution in [2.45, 2.75) is 13.3 Å². The smallest absolute Gasteiger partial charge is 0.309 e. The van der Waals surface area contributed by atoms with Gasteiger partial charge in [-0.05, 0) is 42.8 Å². The number of anilines is 1. The van der Waals surface area contributed by atoms with Gasteiger partial charge in [0.15, 0.2) is 17.2 Å². The number of nitrogens with one attached hydrogen (secondary N) is 1. The third-order valence-electron chi connectivity index (χ3n) is 3.63. The van der Waals surface area contributed by atoms with Gasteiger partial charge < -0.3 is 25.3 Å². The fourth-order valence-electron chi connectivity index (χ4n) is 2.31. The van der Waals surface area contributed by atoms with Crippen LogP contribution in [0.25, 0.3) is 0 Å². The molecule has 3 N–H and O–H groups in total. The van der Waals surface area contributed by atoms with Gasteiger partial charge in [0.25, 0.3) is 5.91 Å². The van der Waals surface area contributed by atoms with Crippen LogP contribution < -0.4 is 20.5 Å². The van der Waals surface area contributed by atoms with Crippen molar-refractivity contribution in [1.29, 1.82) is 0 Å². The lowest BCUT2D eigenvalue weighted by Crippen LogP contribution is -2.22. The highest BCUT2D eigenvalue weighted by Crippen LogP contribution is 2.35. The van der Waals surface area contributed by atoms with Gasteiger partial charge in [-0.3, -0.25) is 9.59 Å². The predicted octanol–water partition coefficient (Wildman–Crippen LogP) is 2.53. The van der Waals surface area contributed by atoms with Crippen LogP contribution in [0.15, 0.2) is 36.4 Å². The van der Waals surface area contributed by atoms with E-state index in [1.807, 2.05) is 6.92 Å². The zero-order valence-electron chi connectivity index (χ0n) is 15.0. The number of methoxy groups -OCH3 is 2. The van der Waals surface area contributed by atoms with Crippen LogP contribution in [-0.4, -0.2) is 32.6 Å². The predicted molar refractivity (Wildman–Crippen MR) is 97.6 cm³/mol. The van der Waals surface area contributed by atoms with Crippen LogP contribution >= 0.6 is 0 Å². The van der Waals surface area contributed by atoms with E-state index in [9.17, 15) is 9.59 Å². The molecule has 0 saturated heterocycles. The lowest BCUT2D eigenvalue weighted by Gasteiger charge is -2.14. The molecule has 0 aliphatic carbocycles. The third-order valence-corrected chi connectivity index (χ3v) is 3.63. The molecule has 2 aromatic carbocycles. The molecule has 0 unspecified atom stereocenters.